The maximum absolute atomic E-state index is 12.5. The molecule has 0 unspecified atom stereocenters. The zero-order chi connectivity index (χ0) is 20.4. The third kappa shape index (κ3) is 4.00. The smallest absolute Gasteiger partial charge is 0.233 e. The van der Waals surface area contributed by atoms with E-state index in [2.05, 4.69) is 15.5 Å². The van der Waals surface area contributed by atoms with Gasteiger partial charge in [-0.25, -0.2) is 4.68 Å². The minimum Gasteiger partial charge on any atom is -0.454 e. The Kier molecular flexibility index (Phi) is 5.30. The molecule has 1 aromatic heterocycles. The normalized spacial score (nSPS) is 13.3. The number of benzene rings is 2. The van der Waals surface area contributed by atoms with Gasteiger partial charge >= 0.3 is 0 Å². The van der Waals surface area contributed by atoms with Gasteiger partial charge in [0.2, 0.25) is 17.9 Å². The van der Waals surface area contributed by atoms with E-state index in [0.29, 0.717) is 23.3 Å². The number of ether oxygens (including phenoxy) is 2. The van der Waals surface area contributed by atoms with E-state index in [9.17, 15) is 4.79 Å². The predicted molar refractivity (Wildman–Crippen MR) is 110 cm³/mol. The highest BCUT2D eigenvalue weighted by Crippen LogP contribution is 2.32. The first-order chi connectivity index (χ1) is 14.0. The molecule has 2 aromatic carbocycles. The van der Waals surface area contributed by atoms with Crippen LogP contribution in [0.1, 0.15) is 18.1 Å². The number of hydrogen-bond acceptors (Lipinski definition) is 7. The Hall–Kier alpha value is -3.20. The SMILES string of the molecule is Cc1ccccc1-c1nnc(S[C@@H](C)C(=O)NCc2ccc3c(c2)OCO3)n1N. The maximum atomic E-state index is 12.5. The van der Waals surface area contributed by atoms with Crippen LogP contribution >= 0.6 is 11.8 Å². The molecular weight excluding hydrogens is 390 g/mol. The number of carbonyl (C=O) groups is 1. The van der Waals surface area contributed by atoms with E-state index in [4.69, 9.17) is 15.3 Å². The van der Waals surface area contributed by atoms with Crippen molar-refractivity contribution in [1.82, 2.24) is 20.2 Å². The van der Waals surface area contributed by atoms with E-state index < -0.39 is 0 Å². The molecule has 0 saturated carbocycles. The highest BCUT2D eigenvalue weighted by atomic mass is 32.2. The molecule has 0 spiro atoms. The number of nitrogens with zero attached hydrogens (tertiary/aromatic N) is 3. The zero-order valence-electron chi connectivity index (χ0n) is 16.1. The molecular formula is C20H21N5O3S. The lowest BCUT2D eigenvalue weighted by Gasteiger charge is -2.12. The van der Waals surface area contributed by atoms with E-state index in [1.807, 2.05) is 56.3 Å². The number of rotatable bonds is 6. The fraction of sp³-hybridized carbons (Fsp3) is 0.250. The lowest BCUT2D eigenvalue weighted by Crippen LogP contribution is -2.30. The van der Waals surface area contributed by atoms with Gasteiger partial charge in [0.05, 0.1) is 5.25 Å². The summed E-state index contributed by atoms with van der Waals surface area (Å²) in [4.78, 5) is 12.5. The van der Waals surface area contributed by atoms with Crippen LogP contribution in [0.5, 0.6) is 11.5 Å². The van der Waals surface area contributed by atoms with Crippen LogP contribution in [-0.4, -0.2) is 32.8 Å². The molecule has 0 bridgehead atoms. The molecule has 4 rings (SSSR count). The van der Waals surface area contributed by atoms with Crippen LogP contribution in [-0.2, 0) is 11.3 Å². The van der Waals surface area contributed by atoms with Crippen molar-refractivity contribution in [1.29, 1.82) is 0 Å². The standard InChI is InChI=1S/C20H21N5O3S/c1-12-5-3-4-6-15(12)18-23-24-20(25(18)21)29-13(2)19(26)22-10-14-7-8-16-17(9-14)28-11-27-16/h3-9,13H,10-11,21H2,1-2H3,(H,22,26)/t13-/m0/s1. The van der Waals surface area contributed by atoms with Gasteiger partial charge in [0, 0.05) is 12.1 Å². The fourth-order valence-electron chi connectivity index (χ4n) is 2.96. The highest BCUT2D eigenvalue weighted by molar-refractivity contribution is 8.00. The fourth-order valence-corrected chi connectivity index (χ4v) is 3.75. The van der Waals surface area contributed by atoms with Crippen LogP contribution < -0.4 is 20.6 Å². The van der Waals surface area contributed by atoms with Gasteiger partial charge in [-0.1, -0.05) is 42.1 Å². The van der Waals surface area contributed by atoms with Gasteiger partial charge in [-0.05, 0) is 37.1 Å². The molecule has 9 heteroatoms. The number of nitrogens with two attached hydrogens (primary N) is 1. The van der Waals surface area contributed by atoms with Crippen molar-refractivity contribution in [2.45, 2.75) is 30.8 Å². The largest absolute Gasteiger partial charge is 0.454 e. The molecule has 150 valence electrons. The molecule has 1 amide bonds. The van der Waals surface area contributed by atoms with Crippen molar-refractivity contribution in [2.75, 3.05) is 12.6 Å². The van der Waals surface area contributed by atoms with Gasteiger partial charge in [0.15, 0.2) is 17.3 Å². The molecule has 1 atom stereocenters. The Balaban J connectivity index is 1.38. The Morgan fingerprint density at radius 3 is 2.86 bits per heavy atom. The number of fused-ring (bicyclic) bond motifs is 1. The Morgan fingerprint density at radius 1 is 1.24 bits per heavy atom. The van der Waals surface area contributed by atoms with Crippen LogP contribution in [0, 0.1) is 6.92 Å². The van der Waals surface area contributed by atoms with Crippen molar-refractivity contribution < 1.29 is 14.3 Å². The van der Waals surface area contributed by atoms with E-state index >= 15 is 0 Å². The molecule has 0 fully saturated rings. The van der Waals surface area contributed by atoms with Crippen molar-refractivity contribution >= 4 is 17.7 Å². The second-order valence-corrected chi connectivity index (χ2v) is 7.96. The quantitative estimate of drug-likeness (QED) is 0.474. The number of aromatic nitrogens is 3. The van der Waals surface area contributed by atoms with Crippen LogP contribution in [0.25, 0.3) is 11.4 Å². The second kappa shape index (κ2) is 8.04. The predicted octanol–water partition coefficient (Wildman–Crippen LogP) is 2.49. The molecule has 1 aliphatic heterocycles. The van der Waals surface area contributed by atoms with Crippen LogP contribution in [0.4, 0.5) is 0 Å². The van der Waals surface area contributed by atoms with E-state index in [0.717, 1.165) is 22.4 Å². The summed E-state index contributed by atoms with van der Waals surface area (Å²) < 4.78 is 12.1. The minimum atomic E-state index is -0.389. The van der Waals surface area contributed by atoms with Crippen molar-refractivity contribution in [2.24, 2.45) is 0 Å². The first-order valence-electron chi connectivity index (χ1n) is 9.12. The summed E-state index contributed by atoms with van der Waals surface area (Å²) >= 11 is 1.26. The van der Waals surface area contributed by atoms with Gasteiger partial charge < -0.3 is 20.6 Å². The highest BCUT2D eigenvalue weighted by Gasteiger charge is 2.21. The van der Waals surface area contributed by atoms with E-state index in [1.54, 1.807) is 0 Å². The van der Waals surface area contributed by atoms with Crippen LogP contribution in [0.2, 0.25) is 0 Å². The Labute approximate surface area is 172 Å². The molecule has 8 nitrogen and oxygen atoms in total. The maximum Gasteiger partial charge on any atom is 0.233 e. The van der Waals surface area contributed by atoms with Crippen LogP contribution in [0.15, 0.2) is 47.6 Å². The molecule has 2 heterocycles. The summed E-state index contributed by atoms with van der Waals surface area (Å²) in [5.41, 5.74) is 2.90. The summed E-state index contributed by atoms with van der Waals surface area (Å²) in [6, 6.07) is 13.4. The minimum absolute atomic E-state index is 0.117. The number of nitrogens with one attached hydrogen (secondary N) is 1. The molecule has 3 N–H and O–H groups in total. The lowest BCUT2D eigenvalue weighted by atomic mass is 10.1. The molecule has 29 heavy (non-hydrogen) atoms. The third-order valence-electron chi connectivity index (χ3n) is 4.61. The topological polar surface area (TPSA) is 104 Å². The zero-order valence-corrected chi connectivity index (χ0v) is 16.9. The molecule has 0 aliphatic carbocycles. The van der Waals surface area contributed by atoms with E-state index in [-0.39, 0.29) is 18.0 Å². The van der Waals surface area contributed by atoms with Gasteiger partial charge in [0.1, 0.15) is 0 Å². The Bertz CT molecular complexity index is 1050. The summed E-state index contributed by atoms with van der Waals surface area (Å²) in [6.45, 7) is 4.41. The Morgan fingerprint density at radius 2 is 2.03 bits per heavy atom. The number of nitrogen functional groups attached to an aromatic ring is 1. The van der Waals surface area contributed by atoms with E-state index in [1.165, 1.54) is 16.4 Å². The summed E-state index contributed by atoms with van der Waals surface area (Å²) in [6.07, 6.45) is 0. The van der Waals surface area contributed by atoms with Gasteiger partial charge in [0.25, 0.3) is 0 Å². The molecule has 0 saturated heterocycles. The third-order valence-corrected chi connectivity index (χ3v) is 5.66. The number of hydrogen-bond donors (Lipinski definition) is 2. The number of aryl methyl sites for hydroxylation is 1. The molecule has 3 aromatic rings. The average Bonchev–Trinajstić information content (AvgIpc) is 3.33. The summed E-state index contributed by atoms with van der Waals surface area (Å²) in [7, 11) is 0. The monoisotopic (exact) mass is 411 g/mol. The van der Waals surface area contributed by atoms with Crippen molar-refractivity contribution in [3.05, 3.63) is 53.6 Å². The molecule has 1 aliphatic rings. The van der Waals surface area contributed by atoms with Gasteiger partial charge in [-0.2, -0.15) is 0 Å². The van der Waals surface area contributed by atoms with Gasteiger partial charge in [-0.15, -0.1) is 10.2 Å². The second-order valence-electron chi connectivity index (χ2n) is 6.66. The van der Waals surface area contributed by atoms with Crippen molar-refractivity contribution in [3.8, 4) is 22.9 Å². The first-order valence-corrected chi connectivity index (χ1v) is 10.0. The molecule has 0 radical (unpaired) electrons. The first kappa shape index (κ1) is 19.1. The number of carbonyl (C=O) groups excluding carboxylic acids is 1. The van der Waals surface area contributed by atoms with Gasteiger partial charge in [-0.3, -0.25) is 4.79 Å². The van der Waals surface area contributed by atoms with Crippen LogP contribution in [0.3, 0.4) is 0 Å². The van der Waals surface area contributed by atoms with Crippen molar-refractivity contribution in [3.63, 3.8) is 0 Å². The summed E-state index contributed by atoms with van der Waals surface area (Å²) in [5, 5.41) is 11.4. The number of amides is 1. The number of thioether (sulfide) groups is 1. The summed E-state index contributed by atoms with van der Waals surface area (Å²) in [5.74, 6) is 8.05. The average molecular weight is 411 g/mol. The lowest BCUT2D eigenvalue weighted by molar-refractivity contribution is -0.120.